The quantitative estimate of drug-likeness (QED) is 0.336. The molecule has 0 bridgehead atoms. The number of amides is 4. The summed E-state index contributed by atoms with van der Waals surface area (Å²) in [6.07, 6.45) is 2.54. The molecule has 1 saturated carbocycles. The summed E-state index contributed by atoms with van der Waals surface area (Å²) in [5.74, 6) is -4.62. The van der Waals surface area contributed by atoms with Crippen molar-refractivity contribution in [1.82, 2.24) is 10.3 Å². The minimum atomic E-state index is -1.39. The molecule has 0 radical (unpaired) electrons. The van der Waals surface area contributed by atoms with Gasteiger partial charge in [0.2, 0.25) is 11.8 Å². The average molecular weight is 548 g/mol. The molecule has 8 nitrogen and oxygen atoms in total. The van der Waals surface area contributed by atoms with E-state index in [2.05, 4.69) is 10.7 Å². The number of carbonyl (C=O) groups is 4. The highest BCUT2D eigenvalue weighted by molar-refractivity contribution is 6.13. The number of phenols is 1. The Bertz CT molecular complexity index is 1630. The van der Waals surface area contributed by atoms with Crippen molar-refractivity contribution in [2.75, 3.05) is 5.43 Å². The highest BCUT2D eigenvalue weighted by Crippen LogP contribution is 2.64. The predicted octanol–water partition coefficient (Wildman–Crippen LogP) is 3.97. The second-order valence-corrected chi connectivity index (χ2v) is 11.5. The van der Waals surface area contributed by atoms with Gasteiger partial charge < -0.3 is 5.11 Å². The smallest absolute Gasteiger partial charge is 0.260 e. The number of nitrogens with one attached hydrogen (secondary N) is 2. The predicted molar refractivity (Wildman–Crippen MR) is 150 cm³/mol. The number of para-hydroxylation sites is 1. The summed E-state index contributed by atoms with van der Waals surface area (Å²) in [6, 6.07) is 23.6. The number of hydrazine groups is 1. The summed E-state index contributed by atoms with van der Waals surface area (Å²) in [5.41, 5.74) is 5.31. The number of benzene rings is 3. The van der Waals surface area contributed by atoms with Crippen LogP contribution in [-0.2, 0) is 24.6 Å². The van der Waals surface area contributed by atoms with Gasteiger partial charge in [-0.2, -0.15) is 5.01 Å². The minimum absolute atomic E-state index is 0.00683. The lowest BCUT2D eigenvalue weighted by molar-refractivity contribution is -0.138. The molecule has 2 aliphatic heterocycles. The maximum atomic E-state index is 14.9. The Morgan fingerprint density at radius 1 is 0.878 bits per heavy atom. The van der Waals surface area contributed by atoms with Crippen LogP contribution in [0.3, 0.4) is 0 Å². The zero-order valence-corrected chi connectivity index (χ0v) is 22.4. The molecule has 4 amide bonds. The minimum Gasteiger partial charge on any atom is -0.508 e. The molecule has 6 atom stereocenters. The molecule has 2 aliphatic carbocycles. The van der Waals surface area contributed by atoms with Crippen molar-refractivity contribution in [2.24, 2.45) is 23.7 Å². The maximum Gasteiger partial charge on any atom is 0.260 e. The number of hydrogen-bond donors (Lipinski definition) is 3. The van der Waals surface area contributed by atoms with E-state index in [-0.39, 0.29) is 24.0 Å². The molecule has 2 saturated heterocycles. The Balaban J connectivity index is 1.47. The Labute approximate surface area is 237 Å². The van der Waals surface area contributed by atoms with E-state index in [1.165, 1.54) is 0 Å². The average Bonchev–Trinajstić information content (AvgIpc) is 3.39. The number of hydrogen-bond acceptors (Lipinski definition) is 6. The fraction of sp³-hybridized carbons (Fsp3) is 0.273. The summed E-state index contributed by atoms with van der Waals surface area (Å²) in [4.78, 5) is 55.0. The first-order valence-electron chi connectivity index (χ1n) is 13.9. The van der Waals surface area contributed by atoms with Crippen LogP contribution in [0.4, 0.5) is 5.69 Å². The molecular formula is C33H29N3O5. The second kappa shape index (κ2) is 9.16. The van der Waals surface area contributed by atoms with Crippen LogP contribution in [-0.4, -0.2) is 33.7 Å². The number of aryl methyl sites for hydroxylation is 1. The fourth-order valence-electron chi connectivity index (χ4n) is 7.73. The highest BCUT2D eigenvalue weighted by Gasteiger charge is 2.70. The fourth-order valence-corrected chi connectivity index (χ4v) is 7.73. The van der Waals surface area contributed by atoms with E-state index in [4.69, 9.17) is 0 Å². The van der Waals surface area contributed by atoms with Gasteiger partial charge in [0.15, 0.2) is 0 Å². The lowest BCUT2D eigenvalue weighted by atomic mass is 9.49. The summed E-state index contributed by atoms with van der Waals surface area (Å²) >= 11 is 0. The van der Waals surface area contributed by atoms with E-state index < -0.39 is 46.8 Å². The van der Waals surface area contributed by atoms with E-state index in [9.17, 15) is 24.3 Å². The molecule has 2 heterocycles. The third kappa shape index (κ3) is 3.53. The Morgan fingerprint density at radius 3 is 2.32 bits per heavy atom. The van der Waals surface area contributed by atoms with Crippen molar-refractivity contribution in [2.45, 2.75) is 31.1 Å². The van der Waals surface area contributed by atoms with Crippen molar-refractivity contribution >= 4 is 29.3 Å². The molecule has 7 rings (SSSR count). The third-order valence-electron chi connectivity index (χ3n) is 9.48. The molecule has 41 heavy (non-hydrogen) atoms. The van der Waals surface area contributed by atoms with Gasteiger partial charge in [-0.1, -0.05) is 77.9 Å². The number of carbonyl (C=O) groups excluding carboxylic acids is 4. The van der Waals surface area contributed by atoms with Crippen LogP contribution in [0.1, 0.15) is 35.4 Å². The molecule has 0 unspecified atom stereocenters. The van der Waals surface area contributed by atoms with E-state index in [0.717, 1.165) is 16.1 Å². The van der Waals surface area contributed by atoms with Gasteiger partial charge in [-0.3, -0.25) is 29.9 Å². The molecule has 3 fully saturated rings. The SMILES string of the molecule is Cc1ccc(NN2C(=O)[C@@H]3C[C@@H]4C(=CC[C@@H]5C(=O)NC(=O)[C@@H]54)[C@H](c4ccccc4O)[C@]3(c3ccccc3)C2=O)cc1. The Hall–Kier alpha value is -4.72. The molecule has 8 heteroatoms. The third-order valence-corrected chi connectivity index (χ3v) is 9.48. The number of phenolic OH excluding ortho intramolecular Hbond substituents is 1. The number of rotatable bonds is 4. The van der Waals surface area contributed by atoms with Crippen LogP contribution in [0.15, 0.2) is 90.5 Å². The molecule has 206 valence electrons. The van der Waals surface area contributed by atoms with Crippen LogP contribution in [0.5, 0.6) is 5.75 Å². The van der Waals surface area contributed by atoms with Gasteiger partial charge >= 0.3 is 0 Å². The van der Waals surface area contributed by atoms with Gasteiger partial charge in [0.1, 0.15) is 5.75 Å². The van der Waals surface area contributed by atoms with Gasteiger partial charge in [-0.15, -0.1) is 0 Å². The number of nitrogens with zero attached hydrogens (tertiary/aromatic N) is 1. The van der Waals surface area contributed by atoms with E-state index >= 15 is 0 Å². The van der Waals surface area contributed by atoms with Crippen molar-refractivity contribution in [3.05, 3.63) is 107 Å². The van der Waals surface area contributed by atoms with Gasteiger partial charge in [-0.25, -0.2) is 0 Å². The van der Waals surface area contributed by atoms with Gasteiger partial charge in [0.25, 0.3) is 11.8 Å². The van der Waals surface area contributed by atoms with E-state index in [0.29, 0.717) is 23.2 Å². The van der Waals surface area contributed by atoms with E-state index in [1.807, 2.05) is 67.6 Å². The number of fused-ring (bicyclic) bond motifs is 4. The molecular weight excluding hydrogens is 518 g/mol. The van der Waals surface area contributed by atoms with Crippen LogP contribution in [0.2, 0.25) is 0 Å². The summed E-state index contributed by atoms with van der Waals surface area (Å²) in [5, 5.41) is 14.8. The van der Waals surface area contributed by atoms with Crippen molar-refractivity contribution in [1.29, 1.82) is 0 Å². The molecule has 4 aliphatic rings. The lowest BCUT2D eigenvalue weighted by Crippen LogP contribution is -2.53. The highest BCUT2D eigenvalue weighted by atomic mass is 16.3. The van der Waals surface area contributed by atoms with Gasteiger partial charge in [0.05, 0.1) is 28.9 Å². The summed E-state index contributed by atoms with van der Waals surface area (Å²) in [7, 11) is 0. The Morgan fingerprint density at radius 2 is 1.59 bits per heavy atom. The van der Waals surface area contributed by atoms with Crippen LogP contribution < -0.4 is 10.7 Å². The monoisotopic (exact) mass is 547 g/mol. The zero-order valence-electron chi connectivity index (χ0n) is 22.4. The van der Waals surface area contributed by atoms with Crippen molar-refractivity contribution in [3.63, 3.8) is 0 Å². The lowest BCUT2D eigenvalue weighted by Gasteiger charge is -2.50. The van der Waals surface area contributed by atoms with Crippen molar-refractivity contribution in [3.8, 4) is 5.75 Å². The zero-order chi connectivity index (χ0) is 28.5. The number of imide groups is 2. The molecule has 3 aromatic carbocycles. The molecule has 3 aromatic rings. The first kappa shape index (κ1) is 25.3. The maximum absolute atomic E-state index is 14.9. The van der Waals surface area contributed by atoms with Crippen LogP contribution >= 0.6 is 0 Å². The normalized spacial score (nSPS) is 30.3. The largest absolute Gasteiger partial charge is 0.508 e. The van der Waals surface area contributed by atoms with Gasteiger partial charge in [-0.05, 0) is 49.4 Å². The van der Waals surface area contributed by atoms with Crippen LogP contribution in [0, 0.1) is 30.6 Å². The molecule has 3 N–H and O–H groups in total. The van der Waals surface area contributed by atoms with E-state index in [1.54, 1.807) is 24.3 Å². The Kier molecular flexibility index (Phi) is 5.64. The summed E-state index contributed by atoms with van der Waals surface area (Å²) in [6.45, 7) is 1.96. The number of allylic oxidation sites excluding steroid dienone is 2. The summed E-state index contributed by atoms with van der Waals surface area (Å²) < 4.78 is 0. The second-order valence-electron chi connectivity index (χ2n) is 11.5. The first-order chi connectivity index (χ1) is 19.8. The molecule has 0 aromatic heterocycles. The first-order valence-corrected chi connectivity index (χ1v) is 13.9. The van der Waals surface area contributed by atoms with Crippen molar-refractivity contribution < 1.29 is 24.3 Å². The standard InChI is InChI=1S/C33H29N3O5/c1-18-11-13-20(14-12-18)35-36-31(40)25-17-24-21(15-16-23-27(24)30(39)34-29(23)38)28(22-9-5-6-10-26(22)37)33(25,32(36)41)19-7-3-2-4-8-19/h2-15,23-25,27-28,35,37H,16-17H2,1H3,(H,34,38,39)/t23-,24+,25-,27-,28+,33+/m0/s1. The molecule has 0 spiro atoms. The number of anilines is 1. The number of aromatic hydroxyl groups is 1. The topological polar surface area (TPSA) is 116 Å². The van der Waals surface area contributed by atoms with Crippen LogP contribution in [0.25, 0.3) is 0 Å². The van der Waals surface area contributed by atoms with Gasteiger partial charge in [0, 0.05) is 11.5 Å².